The molecule has 0 fully saturated rings. The van der Waals surface area contributed by atoms with Crippen molar-refractivity contribution in [3.05, 3.63) is 0 Å². The van der Waals surface area contributed by atoms with Crippen LogP contribution in [0, 0.1) is 53.3 Å². The van der Waals surface area contributed by atoms with Crippen LogP contribution in [0.3, 0.4) is 0 Å². The predicted octanol–water partition coefficient (Wildman–Crippen LogP) is 14.5. The molecule has 0 heterocycles. The first-order valence-corrected chi connectivity index (χ1v) is 19.9. The van der Waals surface area contributed by atoms with E-state index < -0.39 is 0 Å². The Hall–Kier alpha value is -0.330. The van der Waals surface area contributed by atoms with Crippen molar-refractivity contribution in [3.63, 3.8) is 0 Å². The summed E-state index contributed by atoms with van der Waals surface area (Å²) >= 11 is 0. The molecule has 0 aromatic rings. The zero-order chi connectivity index (χ0) is 32.5. The third kappa shape index (κ3) is 28.9. The molecule has 0 aromatic heterocycles. The van der Waals surface area contributed by atoms with E-state index in [1.54, 1.807) is 0 Å². The highest BCUT2D eigenvalue weighted by Gasteiger charge is 2.14. The van der Waals surface area contributed by atoms with Crippen LogP contribution in [0.4, 0.5) is 0 Å². The second-order valence-electron chi connectivity index (χ2n) is 17.1. The van der Waals surface area contributed by atoms with Crippen molar-refractivity contribution >= 4 is 6.29 Å². The van der Waals surface area contributed by atoms with E-state index in [1.165, 1.54) is 135 Å². The van der Waals surface area contributed by atoms with Gasteiger partial charge in [0.05, 0.1) is 0 Å². The number of aldehydes is 1. The summed E-state index contributed by atoms with van der Waals surface area (Å²) in [4.78, 5) is 11.8. The molecule has 6 unspecified atom stereocenters. The minimum Gasteiger partial charge on any atom is -0.303 e. The Morgan fingerprint density at radius 1 is 0.302 bits per heavy atom. The van der Waals surface area contributed by atoms with Crippen LogP contribution in [0.25, 0.3) is 0 Å². The Morgan fingerprint density at radius 3 is 0.721 bits per heavy atom. The van der Waals surface area contributed by atoms with Crippen LogP contribution < -0.4 is 0 Å². The van der Waals surface area contributed by atoms with Gasteiger partial charge in [0.15, 0.2) is 0 Å². The van der Waals surface area contributed by atoms with Gasteiger partial charge in [-0.25, -0.2) is 0 Å². The minimum atomic E-state index is 0.285. The Balaban J connectivity index is 3.87. The van der Waals surface area contributed by atoms with Gasteiger partial charge in [0.1, 0.15) is 6.29 Å². The van der Waals surface area contributed by atoms with Gasteiger partial charge in [0, 0.05) is 5.92 Å². The summed E-state index contributed by atoms with van der Waals surface area (Å²) in [6.45, 7) is 24.1. The normalized spacial score (nSPS) is 17.1. The van der Waals surface area contributed by atoms with Gasteiger partial charge in [-0.2, -0.15) is 0 Å². The Labute approximate surface area is 274 Å². The van der Waals surface area contributed by atoms with Crippen molar-refractivity contribution in [2.24, 2.45) is 53.3 Å². The van der Waals surface area contributed by atoms with E-state index in [9.17, 15) is 4.79 Å². The molecule has 43 heavy (non-hydrogen) atoms. The van der Waals surface area contributed by atoms with Crippen molar-refractivity contribution in [3.8, 4) is 0 Å². The molecule has 0 aromatic carbocycles. The highest BCUT2D eigenvalue weighted by Crippen LogP contribution is 2.27. The molecule has 0 aliphatic rings. The third-order valence-corrected chi connectivity index (χ3v) is 10.8. The molecule has 0 saturated carbocycles. The average molecular weight is 605 g/mol. The van der Waals surface area contributed by atoms with Gasteiger partial charge in [0.2, 0.25) is 0 Å². The van der Waals surface area contributed by atoms with Gasteiger partial charge in [-0.05, 0) is 60.2 Å². The number of rotatable bonds is 31. The zero-order valence-electron chi connectivity index (χ0n) is 31.7. The maximum absolute atomic E-state index is 11.8. The lowest BCUT2D eigenvalue weighted by atomic mass is 9.87. The average Bonchev–Trinajstić information content (AvgIpc) is 2.92. The number of carbonyl (C=O) groups excluding carboxylic acids is 1. The summed E-state index contributed by atoms with van der Waals surface area (Å²) in [5.74, 6) is 7.07. The molecule has 258 valence electrons. The molecule has 0 N–H and O–H groups in total. The SMILES string of the molecule is CC(C)CCCC(C)CCCC(C)CCCC(C)CCC(C=O)CCC(C)CCCC(C)CCCC(C)CCCC(C)C. The van der Waals surface area contributed by atoms with E-state index in [-0.39, 0.29) is 5.92 Å². The molecule has 0 aliphatic heterocycles. The highest BCUT2D eigenvalue weighted by atomic mass is 16.1. The quantitative estimate of drug-likeness (QED) is 0.0719. The van der Waals surface area contributed by atoms with Crippen LogP contribution in [0.15, 0.2) is 0 Å². The second kappa shape index (κ2) is 27.9. The van der Waals surface area contributed by atoms with Gasteiger partial charge in [-0.1, -0.05) is 198 Å². The molecule has 1 nitrogen and oxygen atoms in total. The summed E-state index contributed by atoms with van der Waals surface area (Å²) in [6, 6.07) is 0. The van der Waals surface area contributed by atoms with Crippen molar-refractivity contribution in [2.45, 2.75) is 210 Å². The van der Waals surface area contributed by atoms with E-state index in [1.807, 2.05) is 0 Å². The predicted molar refractivity (Wildman–Crippen MR) is 196 cm³/mol. The molecule has 6 atom stereocenters. The van der Waals surface area contributed by atoms with Gasteiger partial charge in [-0.15, -0.1) is 0 Å². The first-order chi connectivity index (χ1) is 20.4. The lowest BCUT2D eigenvalue weighted by molar-refractivity contribution is -0.111. The largest absolute Gasteiger partial charge is 0.303 e. The Kier molecular flexibility index (Phi) is 27.7. The van der Waals surface area contributed by atoms with E-state index >= 15 is 0 Å². The maximum Gasteiger partial charge on any atom is 0.123 e. The number of carbonyl (C=O) groups is 1. The van der Waals surface area contributed by atoms with Gasteiger partial charge in [-0.3, -0.25) is 0 Å². The lowest BCUT2D eigenvalue weighted by Crippen LogP contribution is -2.08. The van der Waals surface area contributed by atoms with Crippen LogP contribution in [0.2, 0.25) is 0 Å². The van der Waals surface area contributed by atoms with Crippen LogP contribution in [-0.4, -0.2) is 6.29 Å². The van der Waals surface area contributed by atoms with Crippen LogP contribution >= 0.6 is 0 Å². The third-order valence-electron chi connectivity index (χ3n) is 10.8. The smallest absolute Gasteiger partial charge is 0.123 e. The van der Waals surface area contributed by atoms with Crippen LogP contribution in [0.5, 0.6) is 0 Å². The fourth-order valence-corrected chi connectivity index (χ4v) is 7.15. The number of hydrogen-bond donors (Lipinski definition) is 0. The fourth-order valence-electron chi connectivity index (χ4n) is 7.15. The van der Waals surface area contributed by atoms with Crippen LogP contribution in [0.1, 0.15) is 210 Å². The van der Waals surface area contributed by atoms with Crippen molar-refractivity contribution in [2.75, 3.05) is 0 Å². The van der Waals surface area contributed by atoms with Crippen molar-refractivity contribution in [1.29, 1.82) is 0 Å². The summed E-state index contributed by atoms with van der Waals surface area (Å²) in [6.07, 6.45) is 31.1. The van der Waals surface area contributed by atoms with E-state index in [4.69, 9.17) is 0 Å². The molecule has 0 bridgehead atoms. The van der Waals surface area contributed by atoms with Crippen molar-refractivity contribution in [1.82, 2.24) is 0 Å². The first-order valence-electron chi connectivity index (χ1n) is 19.9. The molecule has 0 radical (unpaired) electrons. The van der Waals surface area contributed by atoms with Crippen molar-refractivity contribution < 1.29 is 4.79 Å². The molecular weight excluding hydrogens is 520 g/mol. The highest BCUT2D eigenvalue weighted by molar-refractivity contribution is 5.53. The van der Waals surface area contributed by atoms with Gasteiger partial charge >= 0.3 is 0 Å². The molecule has 1 heteroatoms. The van der Waals surface area contributed by atoms with Crippen LogP contribution in [-0.2, 0) is 4.79 Å². The first kappa shape index (κ1) is 42.7. The molecular formula is C42H84O. The molecule has 0 rings (SSSR count). The minimum absolute atomic E-state index is 0.285. The summed E-state index contributed by atoms with van der Waals surface area (Å²) < 4.78 is 0. The number of hydrogen-bond acceptors (Lipinski definition) is 1. The summed E-state index contributed by atoms with van der Waals surface area (Å²) in [7, 11) is 0. The summed E-state index contributed by atoms with van der Waals surface area (Å²) in [5.41, 5.74) is 0. The maximum atomic E-state index is 11.8. The van der Waals surface area contributed by atoms with Gasteiger partial charge in [0.25, 0.3) is 0 Å². The molecule has 0 spiro atoms. The monoisotopic (exact) mass is 605 g/mol. The standard InChI is InChI=1S/C42H84O/c1-34(2)17-11-19-36(5)21-13-23-38(7)25-15-27-40(9)29-31-42(33-43)32-30-41(10)28-16-26-39(8)24-14-22-37(6)20-12-18-35(3)4/h33-42H,11-32H2,1-10H3. The zero-order valence-corrected chi connectivity index (χ0v) is 31.7. The molecule has 0 amide bonds. The van der Waals surface area contributed by atoms with E-state index in [0.717, 1.165) is 60.2 Å². The summed E-state index contributed by atoms with van der Waals surface area (Å²) in [5, 5.41) is 0. The topological polar surface area (TPSA) is 17.1 Å². The molecule has 0 saturated heterocycles. The second-order valence-corrected chi connectivity index (χ2v) is 17.1. The van der Waals surface area contributed by atoms with E-state index in [2.05, 4.69) is 69.2 Å². The Bertz CT molecular complexity index is 546. The molecule has 0 aliphatic carbocycles. The fraction of sp³-hybridized carbons (Fsp3) is 0.976. The lowest BCUT2D eigenvalue weighted by Gasteiger charge is -2.19. The Morgan fingerprint density at radius 2 is 0.512 bits per heavy atom. The van der Waals surface area contributed by atoms with E-state index in [0.29, 0.717) is 0 Å². The van der Waals surface area contributed by atoms with Gasteiger partial charge < -0.3 is 4.79 Å².